The third kappa shape index (κ3) is 4.65. The third-order valence-corrected chi connectivity index (χ3v) is 2.16. The number of allylic oxidation sites excluding steroid dienone is 1. The standard InChI is InChI=1S/C7H5NO4.C5H9N/c9-6(10)4-1-5(7(11)12)3-8-2-4;1-2-4-6-5-3-1/h1-3H,(H,9,10)(H,11,12);2,4,6H,1,3,5H2. The Labute approximate surface area is 104 Å². The van der Waals surface area contributed by atoms with Crippen LogP contribution in [0.25, 0.3) is 0 Å². The lowest BCUT2D eigenvalue weighted by atomic mass is 10.2. The fourth-order valence-corrected chi connectivity index (χ4v) is 1.25. The van der Waals surface area contributed by atoms with Crippen molar-refractivity contribution >= 4 is 11.9 Å². The van der Waals surface area contributed by atoms with E-state index in [2.05, 4.69) is 16.4 Å². The first-order valence-corrected chi connectivity index (χ1v) is 5.41. The number of pyridine rings is 1. The number of rotatable bonds is 2. The molecular formula is C12H14N2O4. The number of aromatic nitrogens is 1. The molecule has 0 saturated carbocycles. The Kier molecular flexibility index (Phi) is 5.37. The second-order valence-corrected chi connectivity index (χ2v) is 3.57. The normalized spacial score (nSPS) is 12.9. The van der Waals surface area contributed by atoms with Crippen molar-refractivity contribution in [3.8, 4) is 0 Å². The summed E-state index contributed by atoms with van der Waals surface area (Å²) in [6.07, 6.45) is 8.92. The molecule has 96 valence electrons. The van der Waals surface area contributed by atoms with E-state index in [9.17, 15) is 9.59 Å². The Hall–Kier alpha value is -2.37. The first kappa shape index (κ1) is 13.7. The number of hydrogen-bond acceptors (Lipinski definition) is 4. The highest BCUT2D eigenvalue weighted by Gasteiger charge is 2.07. The average Bonchev–Trinajstić information content (AvgIpc) is 2.41. The van der Waals surface area contributed by atoms with Gasteiger partial charge in [0.15, 0.2) is 0 Å². The van der Waals surface area contributed by atoms with Crippen molar-refractivity contribution in [3.05, 3.63) is 41.9 Å². The van der Waals surface area contributed by atoms with Gasteiger partial charge in [-0.05, 0) is 25.1 Å². The molecule has 6 nitrogen and oxygen atoms in total. The van der Waals surface area contributed by atoms with Crippen molar-refractivity contribution in [1.29, 1.82) is 0 Å². The molecule has 0 aromatic carbocycles. The van der Waals surface area contributed by atoms with Crippen LogP contribution in [0.1, 0.15) is 33.6 Å². The van der Waals surface area contributed by atoms with Crippen LogP contribution in [-0.4, -0.2) is 33.7 Å². The lowest BCUT2D eigenvalue weighted by Crippen LogP contribution is -2.09. The maximum Gasteiger partial charge on any atom is 0.337 e. The third-order valence-electron chi connectivity index (χ3n) is 2.16. The number of nitrogens with zero attached hydrogens (tertiary/aromatic N) is 1. The minimum atomic E-state index is -1.19. The van der Waals surface area contributed by atoms with E-state index in [-0.39, 0.29) is 11.1 Å². The molecule has 0 unspecified atom stereocenters. The highest BCUT2D eigenvalue weighted by molar-refractivity contribution is 5.92. The zero-order valence-electron chi connectivity index (χ0n) is 9.67. The topological polar surface area (TPSA) is 99.5 Å². The molecule has 1 aliphatic heterocycles. The number of carbonyl (C=O) groups is 2. The van der Waals surface area contributed by atoms with Gasteiger partial charge in [-0.1, -0.05) is 6.08 Å². The molecule has 18 heavy (non-hydrogen) atoms. The van der Waals surface area contributed by atoms with Crippen LogP contribution in [0.3, 0.4) is 0 Å². The minimum Gasteiger partial charge on any atom is -0.478 e. The van der Waals surface area contributed by atoms with Gasteiger partial charge in [-0.25, -0.2) is 9.59 Å². The van der Waals surface area contributed by atoms with Crippen molar-refractivity contribution < 1.29 is 19.8 Å². The van der Waals surface area contributed by atoms with Gasteiger partial charge in [0.05, 0.1) is 11.1 Å². The molecule has 0 aliphatic carbocycles. The van der Waals surface area contributed by atoms with Gasteiger partial charge in [0.25, 0.3) is 0 Å². The number of aromatic carboxylic acids is 2. The molecule has 0 atom stereocenters. The lowest BCUT2D eigenvalue weighted by molar-refractivity contribution is 0.0696. The number of carboxylic acids is 2. The van der Waals surface area contributed by atoms with E-state index >= 15 is 0 Å². The Balaban J connectivity index is 0.000000225. The quantitative estimate of drug-likeness (QED) is 0.733. The van der Waals surface area contributed by atoms with Gasteiger partial charge in [0, 0.05) is 18.9 Å². The summed E-state index contributed by atoms with van der Waals surface area (Å²) in [5.74, 6) is -2.38. The maximum absolute atomic E-state index is 10.3. The van der Waals surface area contributed by atoms with Crippen LogP contribution in [0.4, 0.5) is 0 Å². The Morgan fingerprint density at radius 1 is 1.17 bits per heavy atom. The van der Waals surface area contributed by atoms with E-state index < -0.39 is 11.9 Å². The molecule has 1 aromatic rings. The molecular weight excluding hydrogens is 236 g/mol. The van der Waals surface area contributed by atoms with Gasteiger partial charge in [-0.2, -0.15) is 0 Å². The zero-order chi connectivity index (χ0) is 13.4. The van der Waals surface area contributed by atoms with Crippen LogP contribution in [0.15, 0.2) is 30.7 Å². The van der Waals surface area contributed by atoms with Crippen LogP contribution < -0.4 is 5.32 Å². The Morgan fingerprint density at radius 2 is 1.78 bits per heavy atom. The van der Waals surface area contributed by atoms with E-state index in [4.69, 9.17) is 10.2 Å². The van der Waals surface area contributed by atoms with E-state index in [1.54, 1.807) is 0 Å². The zero-order valence-corrected chi connectivity index (χ0v) is 9.67. The highest BCUT2D eigenvalue weighted by Crippen LogP contribution is 2.02. The first-order chi connectivity index (χ1) is 8.61. The van der Waals surface area contributed by atoms with Crippen molar-refractivity contribution in [2.45, 2.75) is 12.8 Å². The Bertz CT molecular complexity index is 420. The van der Waals surface area contributed by atoms with Crippen LogP contribution in [0, 0.1) is 0 Å². The molecule has 0 amide bonds. The monoisotopic (exact) mass is 250 g/mol. The summed E-state index contributed by atoms with van der Waals surface area (Å²) < 4.78 is 0. The molecule has 0 bridgehead atoms. The molecule has 3 N–H and O–H groups in total. The van der Waals surface area contributed by atoms with Crippen molar-refractivity contribution in [1.82, 2.24) is 10.3 Å². The van der Waals surface area contributed by atoms with Crippen molar-refractivity contribution in [2.24, 2.45) is 0 Å². The molecule has 0 spiro atoms. The second-order valence-electron chi connectivity index (χ2n) is 3.57. The van der Waals surface area contributed by atoms with Crippen molar-refractivity contribution in [3.63, 3.8) is 0 Å². The number of hydrogen-bond donors (Lipinski definition) is 3. The maximum atomic E-state index is 10.3. The second kappa shape index (κ2) is 7.05. The summed E-state index contributed by atoms with van der Waals surface area (Å²) in [5, 5.41) is 20.0. The molecule has 0 saturated heterocycles. The van der Waals surface area contributed by atoms with Crippen molar-refractivity contribution in [2.75, 3.05) is 6.54 Å². The molecule has 2 heterocycles. The molecule has 2 rings (SSSR count). The van der Waals surface area contributed by atoms with Gasteiger partial charge in [-0.15, -0.1) is 0 Å². The number of nitrogens with one attached hydrogen (secondary N) is 1. The van der Waals surface area contributed by atoms with Crippen LogP contribution in [0.5, 0.6) is 0 Å². The fourth-order valence-electron chi connectivity index (χ4n) is 1.25. The first-order valence-electron chi connectivity index (χ1n) is 5.41. The summed E-state index contributed by atoms with van der Waals surface area (Å²) in [6, 6.07) is 1.05. The van der Waals surface area contributed by atoms with Gasteiger partial charge < -0.3 is 15.5 Å². The van der Waals surface area contributed by atoms with E-state index in [1.807, 2.05) is 6.20 Å². The summed E-state index contributed by atoms with van der Waals surface area (Å²) in [4.78, 5) is 24.2. The molecule has 1 aliphatic rings. The smallest absolute Gasteiger partial charge is 0.337 e. The fraction of sp³-hybridized carbons (Fsp3) is 0.250. The summed E-state index contributed by atoms with van der Waals surface area (Å²) in [7, 11) is 0. The number of carboxylic acid groups (broad SMARTS) is 2. The average molecular weight is 250 g/mol. The summed E-state index contributed by atoms with van der Waals surface area (Å²) >= 11 is 0. The Morgan fingerprint density at radius 3 is 2.06 bits per heavy atom. The summed E-state index contributed by atoms with van der Waals surface area (Å²) in [6.45, 7) is 1.16. The molecule has 6 heteroatoms. The SMILES string of the molecule is C1=CNCCC1.O=C(O)c1cncc(C(=O)O)c1. The van der Waals surface area contributed by atoms with E-state index in [0.29, 0.717) is 0 Å². The van der Waals surface area contributed by atoms with E-state index in [1.165, 1.54) is 12.8 Å². The predicted octanol–water partition coefficient (Wildman–Crippen LogP) is 1.36. The van der Waals surface area contributed by atoms with Crippen LogP contribution >= 0.6 is 0 Å². The molecule has 0 fully saturated rings. The predicted molar refractivity (Wildman–Crippen MR) is 64.5 cm³/mol. The molecule has 0 radical (unpaired) electrons. The van der Waals surface area contributed by atoms with Gasteiger partial charge in [0.2, 0.25) is 0 Å². The van der Waals surface area contributed by atoms with Crippen LogP contribution in [-0.2, 0) is 0 Å². The van der Waals surface area contributed by atoms with Crippen LogP contribution in [0.2, 0.25) is 0 Å². The van der Waals surface area contributed by atoms with E-state index in [0.717, 1.165) is 25.0 Å². The largest absolute Gasteiger partial charge is 0.478 e. The minimum absolute atomic E-state index is 0.130. The van der Waals surface area contributed by atoms with Gasteiger partial charge >= 0.3 is 11.9 Å². The highest BCUT2D eigenvalue weighted by atomic mass is 16.4. The lowest BCUT2D eigenvalue weighted by Gasteiger charge is -2.02. The molecule has 1 aromatic heterocycles. The van der Waals surface area contributed by atoms with Gasteiger partial charge in [-0.3, -0.25) is 4.98 Å². The summed E-state index contributed by atoms with van der Waals surface area (Å²) in [5.41, 5.74) is -0.259. The van der Waals surface area contributed by atoms with Gasteiger partial charge in [0.1, 0.15) is 0 Å².